The van der Waals surface area contributed by atoms with E-state index >= 15 is 0 Å². The molecule has 1 aromatic heterocycles. The van der Waals surface area contributed by atoms with Crippen molar-refractivity contribution in [2.75, 3.05) is 13.2 Å². The fourth-order valence-corrected chi connectivity index (χ4v) is 1.94. The molecule has 2 rings (SSSR count). The Kier molecular flexibility index (Phi) is 5.24. The molecule has 6 nitrogen and oxygen atoms in total. The highest BCUT2D eigenvalue weighted by Crippen LogP contribution is 2.26. The van der Waals surface area contributed by atoms with E-state index in [2.05, 4.69) is 10.1 Å². The maximum atomic E-state index is 12.1. The Hall–Kier alpha value is -2.81. The van der Waals surface area contributed by atoms with Crippen LogP contribution in [0.5, 0.6) is 5.75 Å². The summed E-state index contributed by atoms with van der Waals surface area (Å²) >= 11 is 0. The van der Waals surface area contributed by atoms with E-state index in [1.165, 1.54) is 24.4 Å². The minimum Gasteiger partial charge on any atom is -0.406 e. The number of benzene rings is 1. The third-order valence-electron chi connectivity index (χ3n) is 2.98. The first-order chi connectivity index (χ1) is 11.3. The minimum absolute atomic E-state index is 0.0407. The van der Waals surface area contributed by atoms with Crippen LogP contribution in [-0.4, -0.2) is 35.2 Å². The predicted octanol–water partition coefficient (Wildman–Crippen LogP) is 2.08. The highest BCUT2D eigenvalue weighted by Gasteiger charge is 2.30. The second kappa shape index (κ2) is 7.18. The van der Waals surface area contributed by atoms with E-state index in [1.807, 2.05) is 0 Å². The van der Waals surface area contributed by atoms with Crippen LogP contribution in [0.3, 0.4) is 0 Å². The normalized spacial score (nSPS) is 11.2. The highest BCUT2D eigenvalue weighted by atomic mass is 19.4. The van der Waals surface area contributed by atoms with Crippen LogP contribution in [0.1, 0.15) is 0 Å². The monoisotopic (exact) mass is 341 g/mol. The Morgan fingerprint density at radius 3 is 2.38 bits per heavy atom. The fourth-order valence-electron chi connectivity index (χ4n) is 1.94. The van der Waals surface area contributed by atoms with Crippen LogP contribution in [0.4, 0.5) is 18.0 Å². The Balaban J connectivity index is 2.26. The number of carbonyl (C=O) groups is 1. The van der Waals surface area contributed by atoms with Crippen LogP contribution in [-0.2, 0) is 0 Å². The molecule has 0 aliphatic heterocycles. The summed E-state index contributed by atoms with van der Waals surface area (Å²) in [4.78, 5) is 11.9. The first-order valence-corrected chi connectivity index (χ1v) is 6.83. The van der Waals surface area contributed by atoms with Gasteiger partial charge in [-0.1, -0.05) is 12.1 Å². The summed E-state index contributed by atoms with van der Waals surface area (Å²) < 4.78 is 41.3. The standard InChI is InChI=1S/C15H14F3N3O3/c16-15(17,18)24-12-4-1-10(2-5-12)11-3-6-13(19)21(9-11)14(23)20-7-8-22/h1-6,9,19,22H,7-8H2,(H,20,23). The van der Waals surface area contributed by atoms with Gasteiger partial charge in [-0.15, -0.1) is 13.2 Å². The lowest BCUT2D eigenvalue weighted by molar-refractivity contribution is -0.274. The van der Waals surface area contributed by atoms with Gasteiger partial charge in [0.25, 0.3) is 0 Å². The Bertz CT molecular complexity index is 770. The molecule has 1 amide bonds. The van der Waals surface area contributed by atoms with Crippen molar-refractivity contribution in [1.29, 1.82) is 5.41 Å². The van der Waals surface area contributed by atoms with Gasteiger partial charge in [0.2, 0.25) is 0 Å². The number of nitrogens with one attached hydrogen (secondary N) is 2. The van der Waals surface area contributed by atoms with Crippen molar-refractivity contribution in [2.45, 2.75) is 6.36 Å². The third-order valence-corrected chi connectivity index (χ3v) is 2.98. The second-order valence-corrected chi connectivity index (χ2v) is 4.70. The second-order valence-electron chi connectivity index (χ2n) is 4.70. The van der Waals surface area contributed by atoms with Crippen LogP contribution in [0.25, 0.3) is 11.1 Å². The summed E-state index contributed by atoms with van der Waals surface area (Å²) in [6, 6.07) is 7.51. The molecule has 2 aromatic rings. The average molecular weight is 341 g/mol. The Morgan fingerprint density at radius 2 is 1.79 bits per heavy atom. The van der Waals surface area contributed by atoms with E-state index in [1.54, 1.807) is 6.07 Å². The summed E-state index contributed by atoms with van der Waals surface area (Å²) in [7, 11) is 0. The zero-order valence-corrected chi connectivity index (χ0v) is 12.3. The number of halogens is 3. The number of aromatic nitrogens is 1. The van der Waals surface area contributed by atoms with E-state index in [9.17, 15) is 18.0 Å². The number of pyridine rings is 1. The van der Waals surface area contributed by atoms with E-state index in [4.69, 9.17) is 10.5 Å². The number of aliphatic hydroxyl groups excluding tert-OH is 1. The minimum atomic E-state index is -4.76. The maximum absolute atomic E-state index is 12.1. The maximum Gasteiger partial charge on any atom is 0.573 e. The summed E-state index contributed by atoms with van der Waals surface area (Å²) in [6.07, 6.45) is -3.38. The van der Waals surface area contributed by atoms with Gasteiger partial charge in [-0.2, -0.15) is 0 Å². The SMILES string of the molecule is N=c1ccc(-c2ccc(OC(F)(F)F)cc2)cn1C(=O)NCCO. The molecule has 0 spiro atoms. The van der Waals surface area contributed by atoms with Crippen molar-refractivity contribution in [3.05, 3.63) is 48.1 Å². The number of ether oxygens (including phenoxy) is 1. The van der Waals surface area contributed by atoms with E-state index < -0.39 is 12.4 Å². The number of amides is 1. The van der Waals surface area contributed by atoms with Crippen LogP contribution in [0.2, 0.25) is 0 Å². The lowest BCUT2D eigenvalue weighted by Gasteiger charge is -2.11. The van der Waals surface area contributed by atoms with Crippen LogP contribution >= 0.6 is 0 Å². The molecule has 0 aliphatic carbocycles. The summed E-state index contributed by atoms with van der Waals surface area (Å²) in [6.45, 7) is -0.195. The highest BCUT2D eigenvalue weighted by molar-refractivity contribution is 5.78. The molecule has 0 bridgehead atoms. The molecular formula is C15H14F3N3O3. The molecule has 0 aliphatic rings. The van der Waals surface area contributed by atoms with Crippen molar-refractivity contribution < 1.29 is 27.8 Å². The quantitative estimate of drug-likeness (QED) is 0.796. The number of hydrogen-bond acceptors (Lipinski definition) is 4. The average Bonchev–Trinajstić information content (AvgIpc) is 2.52. The summed E-state index contributed by atoms with van der Waals surface area (Å²) in [5.74, 6) is -0.350. The van der Waals surface area contributed by atoms with Crippen molar-refractivity contribution in [3.8, 4) is 16.9 Å². The zero-order valence-electron chi connectivity index (χ0n) is 12.3. The lowest BCUT2D eigenvalue weighted by atomic mass is 10.1. The van der Waals surface area contributed by atoms with Gasteiger partial charge in [0, 0.05) is 12.7 Å². The van der Waals surface area contributed by atoms with Crippen molar-refractivity contribution in [2.24, 2.45) is 0 Å². The van der Waals surface area contributed by atoms with Gasteiger partial charge >= 0.3 is 12.4 Å². The number of carbonyl (C=O) groups excluding carboxylic acids is 1. The Morgan fingerprint density at radius 1 is 1.17 bits per heavy atom. The molecule has 3 N–H and O–H groups in total. The topological polar surface area (TPSA) is 87.3 Å². The molecule has 0 radical (unpaired) electrons. The number of nitrogens with zero attached hydrogens (tertiary/aromatic N) is 1. The largest absolute Gasteiger partial charge is 0.573 e. The molecule has 9 heteroatoms. The Labute approximate surface area is 134 Å². The van der Waals surface area contributed by atoms with E-state index in [0.717, 1.165) is 16.7 Å². The van der Waals surface area contributed by atoms with Crippen LogP contribution in [0.15, 0.2) is 42.6 Å². The van der Waals surface area contributed by atoms with E-state index in [-0.39, 0.29) is 24.4 Å². The smallest absolute Gasteiger partial charge is 0.406 e. The molecule has 128 valence electrons. The molecule has 0 saturated heterocycles. The first kappa shape index (κ1) is 17.5. The molecule has 24 heavy (non-hydrogen) atoms. The fraction of sp³-hybridized carbons (Fsp3) is 0.200. The zero-order chi connectivity index (χ0) is 17.7. The number of hydrogen-bond donors (Lipinski definition) is 3. The van der Waals surface area contributed by atoms with Gasteiger partial charge < -0.3 is 15.2 Å². The van der Waals surface area contributed by atoms with Gasteiger partial charge in [-0.3, -0.25) is 9.98 Å². The van der Waals surface area contributed by atoms with Gasteiger partial charge in [-0.05, 0) is 35.4 Å². The molecular weight excluding hydrogens is 327 g/mol. The van der Waals surface area contributed by atoms with Crippen LogP contribution in [0, 0.1) is 5.41 Å². The number of alkyl halides is 3. The molecule has 0 atom stereocenters. The van der Waals surface area contributed by atoms with E-state index in [0.29, 0.717) is 11.1 Å². The molecule has 0 unspecified atom stereocenters. The van der Waals surface area contributed by atoms with Gasteiger partial charge in [0.15, 0.2) is 0 Å². The lowest BCUT2D eigenvalue weighted by Crippen LogP contribution is -2.37. The van der Waals surface area contributed by atoms with Crippen molar-refractivity contribution >= 4 is 6.03 Å². The summed E-state index contributed by atoms with van der Waals surface area (Å²) in [5, 5.41) is 18.8. The summed E-state index contributed by atoms with van der Waals surface area (Å²) in [5.41, 5.74) is 1.00. The van der Waals surface area contributed by atoms with Crippen LogP contribution < -0.4 is 15.5 Å². The molecule has 1 heterocycles. The molecule has 1 aromatic carbocycles. The molecule has 0 fully saturated rings. The van der Waals surface area contributed by atoms with Gasteiger partial charge in [0.1, 0.15) is 11.2 Å². The molecule has 0 saturated carbocycles. The third kappa shape index (κ3) is 4.59. The number of aliphatic hydroxyl groups is 1. The first-order valence-electron chi connectivity index (χ1n) is 6.83. The van der Waals surface area contributed by atoms with Crippen molar-refractivity contribution in [1.82, 2.24) is 9.88 Å². The van der Waals surface area contributed by atoms with Gasteiger partial charge in [-0.25, -0.2) is 4.79 Å². The predicted molar refractivity (Wildman–Crippen MR) is 78.3 cm³/mol. The van der Waals surface area contributed by atoms with Gasteiger partial charge in [0.05, 0.1) is 6.61 Å². The van der Waals surface area contributed by atoms with Crippen molar-refractivity contribution in [3.63, 3.8) is 0 Å². The number of rotatable bonds is 4.